The number of pyridine rings is 1. The lowest BCUT2D eigenvalue weighted by atomic mass is 10.3. The number of hydrogen-bond acceptors (Lipinski definition) is 6. The van der Waals surface area contributed by atoms with Crippen molar-refractivity contribution in [1.29, 1.82) is 0 Å². The zero-order chi connectivity index (χ0) is 20.8. The molecule has 30 heavy (non-hydrogen) atoms. The molecule has 0 aliphatic rings. The summed E-state index contributed by atoms with van der Waals surface area (Å²) in [6.07, 6.45) is 1.71. The predicted octanol–water partition coefficient (Wildman–Crippen LogP) is 4.70. The summed E-state index contributed by atoms with van der Waals surface area (Å²) in [6.45, 7) is 2.77. The Morgan fingerprint density at radius 1 is 1.00 bits per heavy atom. The van der Waals surface area contributed by atoms with Crippen molar-refractivity contribution in [2.24, 2.45) is 0 Å². The Balaban J connectivity index is 1.60. The number of carbonyl (C=O) groups is 1. The summed E-state index contributed by atoms with van der Waals surface area (Å²) in [5.41, 5.74) is 1.60. The molecule has 0 bridgehead atoms. The maximum absolute atomic E-state index is 13.1. The van der Waals surface area contributed by atoms with E-state index in [2.05, 4.69) is 9.97 Å². The summed E-state index contributed by atoms with van der Waals surface area (Å²) in [7, 11) is 0. The average molecular weight is 420 g/mol. The zero-order valence-corrected chi connectivity index (χ0v) is 17.3. The van der Waals surface area contributed by atoms with Gasteiger partial charge in [-0.05, 0) is 49.4 Å². The highest BCUT2D eigenvalue weighted by Crippen LogP contribution is 2.32. The van der Waals surface area contributed by atoms with Gasteiger partial charge in [0.2, 0.25) is 0 Å². The average Bonchev–Trinajstić information content (AvgIpc) is 3.20. The molecule has 7 heteroatoms. The molecule has 0 N–H and O–H groups in total. The molecule has 152 valence electrons. The van der Waals surface area contributed by atoms with Crippen molar-refractivity contribution in [3.05, 3.63) is 78.6 Å². The molecule has 0 fully saturated rings. The number of aromatic nitrogens is 2. The number of amides is 1. The van der Waals surface area contributed by atoms with E-state index in [-0.39, 0.29) is 12.5 Å². The van der Waals surface area contributed by atoms with Crippen LogP contribution in [0, 0.1) is 0 Å². The minimum Gasteiger partial charge on any atom is -0.494 e. The van der Waals surface area contributed by atoms with Crippen LogP contribution in [0.25, 0.3) is 10.2 Å². The number of nitrogens with zero attached hydrogens (tertiary/aromatic N) is 3. The van der Waals surface area contributed by atoms with Crippen molar-refractivity contribution in [2.75, 3.05) is 18.1 Å². The van der Waals surface area contributed by atoms with Crippen molar-refractivity contribution in [1.82, 2.24) is 9.97 Å². The van der Waals surface area contributed by atoms with Gasteiger partial charge >= 0.3 is 0 Å². The van der Waals surface area contributed by atoms with Crippen LogP contribution in [-0.2, 0) is 11.3 Å². The van der Waals surface area contributed by atoms with Crippen molar-refractivity contribution in [2.45, 2.75) is 13.5 Å². The molecule has 0 saturated carbocycles. The summed E-state index contributed by atoms with van der Waals surface area (Å²) >= 11 is 1.45. The van der Waals surface area contributed by atoms with Crippen LogP contribution in [0.4, 0.5) is 5.13 Å². The third-order valence-corrected chi connectivity index (χ3v) is 5.38. The molecule has 0 saturated heterocycles. The predicted molar refractivity (Wildman–Crippen MR) is 118 cm³/mol. The van der Waals surface area contributed by atoms with E-state index in [9.17, 15) is 4.79 Å². The lowest BCUT2D eigenvalue weighted by Gasteiger charge is -2.19. The molecule has 6 nitrogen and oxygen atoms in total. The lowest BCUT2D eigenvalue weighted by Crippen LogP contribution is -2.34. The van der Waals surface area contributed by atoms with Gasteiger partial charge in [0.05, 0.1) is 29.1 Å². The Kier molecular flexibility index (Phi) is 6.20. The van der Waals surface area contributed by atoms with Crippen LogP contribution in [0.5, 0.6) is 11.5 Å². The number of hydrogen-bond donors (Lipinski definition) is 0. The molecule has 0 aliphatic carbocycles. The van der Waals surface area contributed by atoms with Gasteiger partial charge in [0.1, 0.15) is 11.5 Å². The topological polar surface area (TPSA) is 64.5 Å². The molecule has 0 radical (unpaired) electrons. The van der Waals surface area contributed by atoms with Gasteiger partial charge in [0, 0.05) is 6.20 Å². The van der Waals surface area contributed by atoms with Crippen LogP contribution in [0.2, 0.25) is 0 Å². The number of carbonyl (C=O) groups excluding carboxylic acids is 1. The van der Waals surface area contributed by atoms with Crippen LogP contribution >= 0.6 is 11.3 Å². The fourth-order valence-corrected chi connectivity index (χ4v) is 3.93. The number of anilines is 1. The molecule has 0 atom stereocenters. The van der Waals surface area contributed by atoms with Crippen molar-refractivity contribution >= 4 is 32.6 Å². The second-order valence-electron chi connectivity index (χ2n) is 6.46. The van der Waals surface area contributed by atoms with Crippen molar-refractivity contribution < 1.29 is 14.3 Å². The maximum atomic E-state index is 13.1. The minimum absolute atomic E-state index is 0.0863. The Hall–Kier alpha value is -3.45. The summed E-state index contributed by atoms with van der Waals surface area (Å²) < 4.78 is 12.2. The fraction of sp³-hybridized carbons (Fsp3) is 0.174. The largest absolute Gasteiger partial charge is 0.494 e. The summed E-state index contributed by atoms with van der Waals surface area (Å²) in [4.78, 5) is 23.7. The van der Waals surface area contributed by atoms with Gasteiger partial charge in [0.15, 0.2) is 11.7 Å². The van der Waals surface area contributed by atoms with Gasteiger partial charge in [-0.2, -0.15) is 0 Å². The Morgan fingerprint density at radius 2 is 1.83 bits per heavy atom. The quantitative estimate of drug-likeness (QED) is 0.414. The zero-order valence-electron chi connectivity index (χ0n) is 16.5. The third kappa shape index (κ3) is 4.75. The van der Waals surface area contributed by atoms with Gasteiger partial charge in [-0.3, -0.25) is 14.7 Å². The molecule has 2 heterocycles. The minimum atomic E-state index is -0.186. The second-order valence-corrected chi connectivity index (χ2v) is 7.47. The van der Waals surface area contributed by atoms with E-state index in [0.717, 1.165) is 21.7 Å². The third-order valence-electron chi connectivity index (χ3n) is 4.34. The van der Waals surface area contributed by atoms with E-state index in [0.29, 0.717) is 24.0 Å². The number of fused-ring (bicyclic) bond motifs is 1. The van der Waals surface area contributed by atoms with Gasteiger partial charge in [-0.25, -0.2) is 4.98 Å². The van der Waals surface area contributed by atoms with Crippen LogP contribution in [-0.4, -0.2) is 29.1 Å². The molecule has 0 unspecified atom stereocenters. The first-order valence-electron chi connectivity index (χ1n) is 9.64. The lowest BCUT2D eigenvalue weighted by molar-refractivity contribution is -0.120. The van der Waals surface area contributed by atoms with E-state index in [1.165, 1.54) is 11.3 Å². The number of rotatable bonds is 8. The maximum Gasteiger partial charge on any atom is 0.267 e. The van der Waals surface area contributed by atoms with Gasteiger partial charge in [0.25, 0.3) is 5.91 Å². The first-order chi connectivity index (χ1) is 14.7. The molecule has 0 spiro atoms. The highest BCUT2D eigenvalue weighted by molar-refractivity contribution is 7.22. The Labute approximate surface area is 178 Å². The van der Waals surface area contributed by atoms with Crippen LogP contribution in [0.15, 0.2) is 72.9 Å². The monoisotopic (exact) mass is 419 g/mol. The SMILES string of the molecule is CCOc1ccc2nc(N(Cc3ccccn3)C(=O)COc3ccccc3)sc2c1. The summed E-state index contributed by atoms with van der Waals surface area (Å²) in [6, 6.07) is 20.7. The summed E-state index contributed by atoms with van der Waals surface area (Å²) in [5, 5.41) is 0.603. The van der Waals surface area contributed by atoms with Gasteiger partial charge in [-0.15, -0.1) is 0 Å². The Bertz CT molecular complexity index is 1120. The first-order valence-corrected chi connectivity index (χ1v) is 10.5. The molecular weight excluding hydrogens is 398 g/mol. The highest BCUT2D eigenvalue weighted by atomic mass is 32.1. The van der Waals surface area contributed by atoms with Crippen LogP contribution < -0.4 is 14.4 Å². The standard InChI is InChI=1S/C23H21N3O3S/c1-2-28-19-11-12-20-21(14-19)30-23(25-20)26(15-17-8-6-7-13-24-17)22(27)16-29-18-9-4-3-5-10-18/h3-14H,2,15-16H2,1H3. The first kappa shape index (κ1) is 19.8. The molecular formula is C23H21N3O3S. The molecule has 2 aromatic heterocycles. The Morgan fingerprint density at radius 3 is 2.60 bits per heavy atom. The van der Waals surface area contributed by atoms with Gasteiger partial charge < -0.3 is 9.47 Å². The normalized spacial score (nSPS) is 10.7. The molecule has 0 aliphatic heterocycles. The fourth-order valence-electron chi connectivity index (χ4n) is 2.92. The van der Waals surface area contributed by atoms with Crippen LogP contribution in [0.3, 0.4) is 0 Å². The van der Waals surface area contributed by atoms with E-state index < -0.39 is 0 Å². The molecule has 2 aromatic carbocycles. The molecule has 4 aromatic rings. The number of para-hydroxylation sites is 1. The number of benzene rings is 2. The smallest absolute Gasteiger partial charge is 0.267 e. The number of ether oxygens (including phenoxy) is 2. The highest BCUT2D eigenvalue weighted by Gasteiger charge is 2.21. The van der Waals surface area contributed by atoms with E-state index in [1.54, 1.807) is 11.1 Å². The molecule has 1 amide bonds. The summed E-state index contributed by atoms with van der Waals surface area (Å²) in [5.74, 6) is 1.25. The van der Waals surface area contributed by atoms with E-state index >= 15 is 0 Å². The van der Waals surface area contributed by atoms with Gasteiger partial charge in [-0.1, -0.05) is 35.6 Å². The van der Waals surface area contributed by atoms with Crippen molar-refractivity contribution in [3.8, 4) is 11.5 Å². The second kappa shape index (κ2) is 9.37. The molecule has 4 rings (SSSR count). The van der Waals surface area contributed by atoms with E-state index in [4.69, 9.17) is 9.47 Å². The van der Waals surface area contributed by atoms with Crippen molar-refractivity contribution in [3.63, 3.8) is 0 Å². The van der Waals surface area contributed by atoms with E-state index in [1.807, 2.05) is 73.7 Å². The number of thiazole rings is 1. The van der Waals surface area contributed by atoms with Crippen LogP contribution in [0.1, 0.15) is 12.6 Å².